The summed E-state index contributed by atoms with van der Waals surface area (Å²) in [6.45, 7) is 3.03. The molecule has 0 aromatic heterocycles. The monoisotopic (exact) mass is 331 g/mol. The number of nitro groups is 1. The second-order valence-corrected chi connectivity index (χ2v) is 6.04. The predicted molar refractivity (Wildman–Crippen MR) is 75.3 cm³/mol. The van der Waals surface area contributed by atoms with E-state index >= 15 is 0 Å². The zero-order chi connectivity index (χ0) is 17.4. The number of hydrazine groups is 1. The standard InChI is InChI=1S/C14H16F3N3O3/c1-13(2)8-12(21)18-19(13)11(14(15,16)17)7-9-5-3-4-6-10(9)20(22)23/h3-6,11H,7-8H2,1-2H3,(H,18,21). The molecule has 9 heteroatoms. The molecule has 1 aromatic rings. The second-order valence-electron chi connectivity index (χ2n) is 6.04. The summed E-state index contributed by atoms with van der Waals surface area (Å²) >= 11 is 0. The number of nitrogens with one attached hydrogen (secondary N) is 1. The van der Waals surface area contributed by atoms with Crippen LogP contribution >= 0.6 is 0 Å². The van der Waals surface area contributed by atoms with Crippen molar-refractivity contribution < 1.29 is 22.9 Å². The molecule has 1 N–H and O–H groups in total. The van der Waals surface area contributed by atoms with E-state index < -0.39 is 35.0 Å². The molecule has 1 aromatic carbocycles. The molecule has 1 unspecified atom stereocenters. The van der Waals surface area contributed by atoms with Crippen molar-refractivity contribution in [3.05, 3.63) is 39.9 Å². The van der Waals surface area contributed by atoms with Gasteiger partial charge in [-0.3, -0.25) is 20.3 Å². The number of amides is 1. The first-order chi connectivity index (χ1) is 10.5. The van der Waals surface area contributed by atoms with Gasteiger partial charge in [0.25, 0.3) is 5.69 Å². The van der Waals surface area contributed by atoms with E-state index in [4.69, 9.17) is 0 Å². The van der Waals surface area contributed by atoms with Crippen LogP contribution in [0.4, 0.5) is 18.9 Å². The highest BCUT2D eigenvalue weighted by Crippen LogP contribution is 2.36. The highest BCUT2D eigenvalue weighted by atomic mass is 19.4. The SMILES string of the molecule is CC1(C)CC(=O)NN1C(Cc1ccccc1[N+](=O)[O-])C(F)(F)F. The molecular formula is C14H16F3N3O3. The molecule has 2 rings (SSSR count). The van der Waals surface area contributed by atoms with Crippen LogP contribution in [0, 0.1) is 10.1 Å². The normalized spacial score (nSPS) is 19.4. The Morgan fingerprint density at radius 2 is 2.00 bits per heavy atom. The van der Waals surface area contributed by atoms with Gasteiger partial charge in [-0.1, -0.05) is 18.2 Å². The number of carbonyl (C=O) groups excluding carboxylic acids is 1. The highest BCUT2D eigenvalue weighted by Gasteiger charge is 2.52. The van der Waals surface area contributed by atoms with Gasteiger partial charge in [0.05, 0.1) is 4.92 Å². The van der Waals surface area contributed by atoms with E-state index in [-0.39, 0.29) is 17.7 Å². The minimum atomic E-state index is -4.65. The summed E-state index contributed by atoms with van der Waals surface area (Å²) in [5, 5.41) is 11.8. The molecule has 0 bridgehead atoms. The van der Waals surface area contributed by atoms with Crippen LogP contribution in [-0.4, -0.2) is 33.6 Å². The van der Waals surface area contributed by atoms with Crippen molar-refractivity contribution >= 4 is 11.6 Å². The van der Waals surface area contributed by atoms with Gasteiger partial charge in [0.2, 0.25) is 5.91 Å². The van der Waals surface area contributed by atoms with E-state index in [1.807, 2.05) is 0 Å². The van der Waals surface area contributed by atoms with Gasteiger partial charge < -0.3 is 0 Å². The van der Waals surface area contributed by atoms with Crippen molar-refractivity contribution in [2.24, 2.45) is 0 Å². The lowest BCUT2D eigenvalue weighted by Crippen LogP contribution is -2.57. The number of alkyl halides is 3. The maximum absolute atomic E-state index is 13.5. The minimum absolute atomic E-state index is 0.0308. The van der Waals surface area contributed by atoms with E-state index in [1.54, 1.807) is 0 Å². The fourth-order valence-electron chi connectivity index (χ4n) is 2.73. The molecule has 0 spiro atoms. The first-order valence-electron chi connectivity index (χ1n) is 6.90. The number of carbonyl (C=O) groups is 1. The number of benzene rings is 1. The van der Waals surface area contributed by atoms with Gasteiger partial charge in [-0.15, -0.1) is 0 Å². The molecule has 1 heterocycles. The number of hydrogen-bond acceptors (Lipinski definition) is 4. The molecule has 1 atom stereocenters. The molecule has 1 aliphatic heterocycles. The molecule has 6 nitrogen and oxygen atoms in total. The summed E-state index contributed by atoms with van der Waals surface area (Å²) in [4.78, 5) is 21.8. The third-order valence-corrected chi connectivity index (χ3v) is 3.78. The average molecular weight is 331 g/mol. The number of rotatable bonds is 4. The van der Waals surface area contributed by atoms with E-state index in [1.165, 1.54) is 32.0 Å². The molecule has 23 heavy (non-hydrogen) atoms. The van der Waals surface area contributed by atoms with E-state index in [2.05, 4.69) is 5.43 Å². The maximum atomic E-state index is 13.5. The van der Waals surface area contributed by atoms with Crippen molar-refractivity contribution in [3.8, 4) is 0 Å². The van der Waals surface area contributed by atoms with Crippen LogP contribution in [0.2, 0.25) is 0 Å². The van der Waals surface area contributed by atoms with E-state index in [0.29, 0.717) is 0 Å². The van der Waals surface area contributed by atoms with Crippen LogP contribution in [0.5, 0.6) is 0 Å². The van der Waals surface area contributed by atoms with Gasteiger partial charge in [0.1, 0.15) is 6.04 Å². The smallest absolute Gasteiger partial charge is 0.288 e. The molecule has 126 valence electrons. The summed E-state index contributed by atoms with van der Waals surface area (Å²) in [6.07, 6.45) is -5.35. The molecule has 0 aliphatic carbocycles. The lowest BCUT2D eigenvalue weighted by atomic mass is 9.96. The van der Waals surface area contributed by atoms with Crippen molar-refractivity contribution in [2.75, 3.05) is 0 Å². The molecule has 1 amide bonds. The lowest BCUT2D eigenvalue weighted by molar-refractivity contribution is -0.385. The van der Waals surface area contributed by atoms with Crippen molar-refractivity contribution in [3.63, 3.8) is 0 Å². The number of nitrogens with zero attached hydrogens (tertiary/aromatic N) is 2. The highest BCUT2D eigenvalue weighted by molar-refractivity contribution is 5.79. The Balaban J connectivity index is 2.39. The van der Waals surface area contributed by atoms with Crippen molar-refractivity contribution in [1.82, 2.24) is 10.4 Å². The fraction of sp³-hybridized carbons (Fsp3) is 0.500. The van der Waals surface area contributed by atoms with Gasteiger partial charge in [-0.05, 0) is 13.8 Å². The van der Waals surface area contributed by atoms with Crippen LogP contribution < -0.4 is 5.43 Å². The molecule has 1 fully saturated rings. The number of halogens is 3. The Labute approximate surface area is 130 Å². The summed E-state index contributed by atoms with van der Waals surface area (Å²) < 4.78 is 40.5. The Hall–Kier alpha value is -2.16. The lowest BCUT2D eigenvalue weighted by Gasteiger charge is -2.37. The van der Waals surface area contributed by atoms with Crippen molar-refractivity contribution in [1.29, 1.82) is 0 Å². The second kappa shape index (κ2) is 5.80. The Bertz CT molecular complexity index is 631. The van der Waals surface area contributed by atoms with Gasteiger partial charge in [0.15, 0.2) is 0 Å². The average Bonchev–Trinajstić information content (AvgIpc) is 2.67. The topological polar surface area (TPSA) is 75.5 Å². The molecule has 0 saturated carbocycles. The molecule has 0 radical (unpaired) electrons. The number of hydrogen-bond donors (Lipinski definition) is 1. The van der Waals surface area contributed by atoms with Crippen molar-refractivity contribution in [2.45, 2.75) is 44.4 Å². The third kappa shape index (κ3) is 3.61. The van der Waals surface area contributed by atoms with Gasteiger partial charge >= 0.3 is 6.18 Å². The van der Waals surface area contributed by atoms with Crippen LogP contribution in [0.3, 0.4) is 0 Å². The number of para-hydroxylation sites is 1. The van der Waals surface area contributed by atoms with Gasteiger partial charge in [-0.25, -0.2) is 5.01 Å². The number of nitro benzene ring substituents is 1. The molecule has 1 aliphatic rings. The predicted octanol–water partition coefficient (Wildman–Crippen LogP) is 2.58. The van der Waals surface area contributed by atoms with Crippen LogP contribution in [0.15, 0.2) is 24.3 Å². The van der Waals surface area contributed by atoms with E-state index in [9.17, 15) is 28.1 Å². The third-order valence-electron chi connectivity index (χ3n) is 3.78. The first-order valence-corrected chi connectivity index (χ1v) is 6.90. The van der Waals surface area contributed by atoms with Gasteiger partial charge in [-0.2, -0.15) is 13.2 Å². The largest absolute Gasteiger partial charge is 0.406 e. The summed E-state index contributed by atoms with van der Waals surface area (Å²) in [5.74, 6) is -0.508. The first kappa shape index (κ1) is 17.2. The zero-order valence-electron chi connectivity index (χ0n) is 12.6. The summed E-state index contributed by atoms with van der Waals surface area (Å²) in [6, 6.07) is 3.25. The van der Waals surface area contributed by atoms with Crippen LogP contribution in [0.25, 0.3) is 0 Å². The molecule has 1 saturated heterocycles. The Morgan fingerprint density at radius 1 is 1.39 bits per heavy atom. The van der Waals surface area contributed by atoms with Crippen LogP contribution in [-0.2, 0) is 11.2 Å². The Kier molecular flexibility index (Phi) is 4.34. The van der Waals surface area contributed by atoms with Crippen LogP contribution in [0.1, 0.15) is 25.8 Å². The molecular weight excluding hydrogens is 315 g/mol. The summed E-state index contributed by atoms with van der Waals surface area (Å²) in [7, 11) is 0. The quantitative estimate of drug-likeness (QED) is 0.680. The van der Waals surface area contributed by atoms with Gasteiger partial charge in [0, 0.05) is 30.0 Å². The maximum Gasteiger partial charge on any atom is 0.406 e. The fourth-order valence-corrected chi connectivity index (χ4v) is 2.73. The Morgan fingerprint density at radius 3 is 2.48 bits per heavy atom. The summed E-state index contributed by atoms with van der Waals surface area (Å²) in [5.41, 5.74) is 0.782. The van der Waals surface area contributed by atoms with E-state index in [0.717, 1.165) is 11.1 Å². The minimum Gasteiger partial charge on any atom is -0.288 e. The zero-order valence-corrected chi connectivity index (χ0v) is 12.6.